The van der Waals surface area contributed by atoms with E-state index < -0.39 is 0 Å². The van der Waals surface area contributed by atoms with Crippen molar-refractivity contribution in [3.63, 3.8) is 0 Å². The van der Waals surface area contributed by atoms with Gasteiger partial charge >= 0.3 is 0 Å². The zero-order valence-electron chi connectivity index (χ0n) is 14.0. The Morgan fingerprint density at radius 2 is 2.17 bits per heavy atom. The van der Waals surface area contributed by atoms with Gasteiger partial charge in [0, 0.05) is 35.4 Å². The first-order valence-corrected chi connectivity index (χ1v) is 8.96. The van der Waals surface area contributed by atoms with Gasteiger partial charge in [0.25, 0.3) is 0 Å². The number of likely N-dealkylation sites (N-methyl/N-ethyl adjacent to an activating group) is 1. The molecule has 124 valence electrons. The van der Waals surface area contributed by atoms with Crippen LogP contribution in [0, 0.1) is 0 Å². The normalized spacial score (nSPS) is 18.5. The Kier molecular flexibility index (Phi) is 4.30. The number of benzene rings is 1. The smallest absolute Gasteiger partial charge is 0.140 e. The number of likely N-dealkylation sites (tertiary alicyclic amines) is 1. The second-order valence-electron chi connectivity index (χ2n) is 6.76. The highest BCUT2D eigenvalue weighted by Crippen LogP contribution is 2.25. The molecule has 0 aliphatic carbocycles. The van der Waals surface area contributed by atoms with Gasteiger partial charge in [0.1, 0.15) is 5.65 Å². The Morgan fingerprint density at radius 1 is 1.25 bits per heavy atom. The summed E-state index contributed by atoms with van der Waals surface area (Å²) in [5.74, 6) is 0. The Hall–Kier alpha value is -1.84. The van der Waals surface area contributed by atoms with Gasteiger partial charge in [-0.15, -0.1) is 0 Å². The van der Waals surface area contributed by atoms with Crippen LogP contribution in [0.25, 0.3) is 11.0 Å². The monoisotopic (exact) mass is 339 g/mol. The maximum atomic E-state index is 6.14. The van der Waals surface area contributed by atoms with Crippen molar-refractivity contribution in [1.29, 1.82) is 0 Å². The minimum atomic E-state index is 0.613. The molecule has 3 heterocycles. The van der Waals surface area contributed by atoms with Crippen LogP contribution in [0.2, 0.25) is 5.02 Å². The van der Waals surface area contributed by atoms with Crippen molar-refractivity contribution in [1.82, 2.24) is 14.5 Å². The fourth-order valence-corrected chi connectivity index (χ4v) is 3.99. The lowest BCUT2D eigenvalue weighted by atomic mass is 10.1. The Bertz CT molecular complexity index is 855. The van der Waals surface area contributed by atoms with Crippen LogP contribution in [-0.4, -0.2) is 34.1 Å². The maximum Gasteiger partial charge on any atom is 0.140 e. The summed E-state index contributed by atoms with van der Waals surface area (Å²) in [5.41, 5.74) is 3.65. The lowest BCUT2D eigenvalue weighted by molar-refractivity contribution is 0.284. The van der Waals surface area contributed by atoms with Crippen LogP contribution in [0.3, 0.4) is 0 Å². The van der Waals surface area contributed by atoms with Crippen LogP contribution in [0.1, 0.15) is 24.0 Å². The number of pyridine rings is 1. The summed E-state index contributed by atoms with van der Waals surface area (Å²) in [6.07, 6.45) is 7.62. The first-order valence-electron chi connectivity index (χ1n) is 8.58. The molecule has 0 amide bonds. The summed E-state index contributed by atoms with van der Waals surface area (Å²) in [7, 11) is 2.23. The molecule has 24 heavy (non-hydrogen) atoms. The van der Waals surface area contributed by atoms with Crippen LogP contribution in [0.4, 0.5) is 0 Å². The molecule has 4 rings (SSSR count). The molecule has 1 aliphatic heterocycles. The number of hydrogen-bond donors (Lipinski definition) is 0. The fourth-order valence-electron chi connectivity index (χ4n) is 3.78. The number of nitrogens with zero attached hydrogens (tertiary/aromatic N) is 3. The van der Waals surface area contributed by atoms with E-state index in [4.69, 9.17) is 11.6 Å². The van der Waals surface area contributed by atoms with Crippen molar-refractivity contribution in [2.24, 2.45) is 0 Å². The molecule has 3 aromatic rings. The molecule has 1 atom stereocenters. The average Bonchev–Trinajstić information content (AvgIpc) is 3.13. The van der Waals surface area contributed by atoms with E-state index in [-0.39, 0.29) is 0 Å². The number of halogens is 1. The summed E-state index contributed by atoms with van der Waals surface area (Å²) in [5, 5.41) is 2.04. The topological polar surface area (TPSA) is 21.1 Å². The predicted octanol–water partition coefficient (Wildman–Crippen LogP) is 4.37. The van der Waals surface area contributed by atoms with Gasteiger partial charge in [0.15, 0.2) is 0 Å². The highest BCUT2D eigenvalue weighted by molar-refractivity contribution is 6.30. The largest absolute Gasteiger partial charge is 0.331 e. The molecule has 0 bridgehead atoms. The Balaban J connectivity index is 1.68. The molecule has 0 N–H and O–H groups in total. The first-order chi connectivity index (χ1) is 11.7. The molecular weight excluding hydrogens is 318 g/mol. The SMILES string of the molecule is CN1CCCC1Cn1cc(Cc2cccc(Cl)c2)c2cccnc21. The van der Waals surface area contributed by atoms with Gasteiger partial charge in [-0.3, -0.25) is 0 Å². The quantitative estimate of drug-likeness (QED) is 0.703. The van der Waals surface area contributed by atoms with Crippen LogP contribution < -0.4 is 0 Å². The lowest BCUT2D eigenvalue weighted by Crippen LogP contribution is -2.29. The summed E-state index contributed by atoms with van der Waals surface area (Å²) >= 11 is 6.14. The van der Waals surface area contributed by atoms with Crippen LogP contribution >= 0.6 is 11.6 Å². The molecule has 1 saturated heterocycles. The van der Waals surface area contributed by atoms with Crippen molar-refractivity contribution >= 4 is 22.6 Å². The van der Waals surface area contributed by atoms with Gasteiger partial charge in [-0.2, -0.15) is 0 Å². The maximum absolute atomic E-state index is 6.14. The standard InChI is InChI=1S/C20H22ClN3/c1-23-10-4-7-18(23)14-24-13-16(19-8-3-9-22-20(19)24)11-15-5-2-6-17(21)12-15/h2-3,5-6,8-9,12-13,18H,4,7,10-11,14H2,1H3. The van der Waals surface area contributed by atoms with Crippen LogP contribution in [0.15, 0.2) is 48.8 Å². The highest BCUT2D eigenvalue weighted by atomic mass is 35.5. The van der Waals surface area contributed by atoms with E-state index >= 15 is 0 Å². The van der Waals surface area contributed by atoms with E-state index in [9.17, 15) is 0 Å². The van der Waals surface area contributed by atoms with E-state index in [1.165, 1.54) is 35.9 Å². The van der Waals surface area contributed by atoms with Crippen molar-refractivity contribution in [3.8, 4) is 0 Å². The lowest BCUT2D eigenvalue weighted by Gasteiger charge is -2.20. The molecular formula is C20H22ClN3. The van der Waals surface area contributed by atoms with E-state index in [0.29, 0.717) is 6.04 Å². The summed E-state index contributed by atoms with van der Waals surface area (Å²) in [6.45, 7) is 2.21. The molecule has 3 nitrogen and oxygen atoms in total. The van der Waals surface area contributed by atoms with Gasteiger partial charge in [-0.05, 0) is 68.2 Å². The molecule has 2 aromatic heterocycles. The van der Waals surface area contributed by atoms with Crippen LogP contribution in [-0.2, 0) is 13.0 Å². The Labute approximate surface area is 147 Å². The minimum Gasteiger partial charge on any atom is -0.331 e. The predicted molar refractivity (Wildman–Crippen MR) is 99.6 cm³/mol. The van der Waals surface area contributed by atoms with Crippen molar-refractivity contribution < 1.29 is 0 Å². The third kappa shape index (κ3) is 3.06. The van der Waals surface area contributed by atoms with E-state index in [2.05, 4.69) is 39.8 Å². The molecule has 0 spiro atoms. The van der Waals surface area contributed by atoms with Gasteiger partial charge in [0.05, 0.1) is 0 Å². The molecule has 1 aromatic carbocycles. The summed E-state index contributed by atoms with van der Waals surface area (Å²) in [6, 6.07) is 12.9. The molecule has 0 saturated carbocycles. The molecule has 0 radical (unpaired) electrons. The molecule has 1 aliphatic rings. The zero-order chi connectivity index (χ0) is 16.5. The Morgan fingerprint density at radius 3 is 2.96 bits per heavy atom. The third-order valence-electron chi connectivity index (χ3n) is 5.08. The molecule has 1 unspecified atom stereocenters. The van der Waals surface area contributed by atoms with Gasteiger partial charge in [-0.25, -0.2) is 4.98 Å². The second kappa shape index (κ2) is 6.58. The zero-order valence-corrected chi connectivity index (χ0v) is 14.7. The minimum absolute atomic E-state index is 0.613. The molecule has 4 heteroatoms. The van der Waals surface area contributed by atoms with Gasteiger partial charge < -0.3 is 9.47 Å². The van der Waals surface area contributed by atoms with E-state index in [0.717, 1.165) is 23.6 Å². The van der Waals surface area contributed by atoms with E-state index in [1.54, 1.807) is 0 Å². The van der Waals surface area contributed by atoms with Crippen molar-refractivity contribution in [2.75, 3.05) is 13.6 Å². The summed E-state index contributed by atoms with van der Waals surface area (Å²) < 4.78 is 2.34. The van der Waals surface area contributed by atoms with Gasteiger partial charge in [0.2, 0.25) is 0 Å². The van der Waals surface area contributed by atoms with Crippen molar-refractivity contribution in [3.05, 3.63) is 64.9 Å². The van der Waals surface area contributed by atoms with Crippen LogP contribution in [0.5, 0.6) is 0 Å². The van der Waals surface area contributed by atoms with Crippen molar-refractivity contribution in [2.45, 2.75) is 31.8 Å². The third-order valence-corrected chi connectivity index (χ3v) is 5.31. The average molecular weight is 340 g/mol. The molecule has 1 fully saturated rings. The van der Waals surface area contributed by atoms with Gasteiger partial charge in [-0.1, -0.05) is 23.7 Å². The number of fused-ring (bicyclic) bond motifs is 1. The fraction of sp³-hybridized carbons (Fsp3) is 0.350. The highest BCUT2D eigenvalue weighted by Gasteiger charge is 2.22. The first kappa shape index (κ1) is 15.7. The number of aromatic nitrogens is 2. The second-order valence-corrected chi connectivity index (χ2v) is 7.20. The number of rotatable bonds is 4. The number of hydrogen-bond acceptors (Lipinski definition) is 2. The van der Waals surface area contributed by atoms with E-state index in [1.807, 2.05) is 30.5 Å². The summed E-state index contributed by atoms with van der Waals surface area (Å²) in [4.78, 5) is 7.11.